The van der Waals surface area contributed by atoms with E-state index in [0.29, 0.717) is 12.8 Å². The highest BCUT2D eigenvalue weighted by Crippen LogP contribution is 2.08. The normalized spacial score (nSPS) is 11.1. The van der Waals surface area contributed by atoms with Gasteiger partial charge in [-0.1, -0.05) is 23.3 Å². The molecule has 0 aliphatic carbocycles. The molecule has 0 saturated heterocycles. The van der Waals surface area contributed by atoms with Crippen molar-refractivity contribution in [1.29, 1.82) is 0 Å². The lowest BCUT2D eigenvalue weighted by molar-refractivity contribution is -0.135. The van der Waals surface area contributed by atoms with E-state index >= 15 is 0 Å². The van der Waals surface area contributed by atoms with Crippen LogP contribution >= 0.6 is 0 Å². The molecule has 0 heterocycles. The van der Waals surface area contributed by atoms with E-state index in [1.165, 1.54) is 18.1 Å². The Morgan fingerprint density at radius 1 is 0.875 bits per heavy atom. The van der Waals surface area contributed by atoms with Crippen LogP contribution < -0.4 is 0 Å². The lowest BCUT2D eigenvalue weighted by Gasteiger charge is -1.99. The van der Waals surface area contributed by atoms with E-state index in [9.17, 15) is 9.59 Å². The summed E-state index contributed by atoms with van der Waals surface area (Å²) in [5, 5.41) is 0. The average Bonchev–Trinajstić information content (AvgIpc) is 2.16. The maximum Gasteiger partial charge on any atom is 0.198 e. The zero-order chi connectivity index (χ0) is 12.6. The third-order valence-corrected chi connectivity index (χ3v) is 2.35. The first kappa shape index (κ1) is 14.8. The fourth-order valence-electron chi connectivity index (χ4n) is 1.32. The maximum absolute atomic E-state index is 11.0. The van der Waals surface area contributed by atoms with Gasteiger partial charge < -0.3 is 0 Å². The van der Waals surface area contributed by atoms with Crippen LogP contribution in [0.1, 0.15) is 53.4 Å². The van der Waals surface area contributed by atoms with Gasteiger partial charge in [0.05, 0.1) is 0 Å². The summed E-state index contributed by atoms with van der Waals surface area (Å²) in [5.41, 5.74) is 2.62. The second kappa shape index (κ2) is 8.03. The molecule has 0 saturated carbocycles. The second-order valence-corrected chi connectivity index (χ2v) is 4.39. The monoisotopic (exact) mass is 222 g/mol. The van der Waals surface area contributed by atoms with Gasteiger partial charge in [-0.05, 0) is 40.0 Å². The Morgan fingerprint density at radius 3 is 1.94 bits per heavy atom. The molecule has 90 valence electrons. The van der Waals surface area contributed by atoms with Gasteiger partial charge in [0.2, 0.25) is 0 Å². The Kier molecular flexibility index (Phi) is 7.44. The second-order valence-electron chi connectivity index (χ2n) is 4.39. The highest BCUT2D eigenvalue weighted by Gasteiger charge is 2.05. The molecular formula is C14H22O2. The zero-order valence-corrected chi connectivity index (χ0v) is 10.8. The molecule has 0 rings (SSSR count). The molecule has 0 aliphatic rings. The lowest BCUT2D eigenvalue weighted by Crippen LogP contribution is -2.07. The van der Waals surface area contributed by atoms with Crippen LogP contribution in [0, 0.1) is 0 Å². The summed E-state index contributed by atoms with van der Waals surface area (Å²) in [7, 11) is 0. The average molecular weight is 222 g/mol. The zero-order valence-electron chi connectivity index (χ0n) is 10.8. The number of carbonyl (C=O) groups is 2. The standard InChI is InChI=1S/C14H22O2/c1-11(2)7-5-8-12(3)9-6-10-14(16)13(4)15/h7,9H,5-6,8,10H2,1-4H3. The molecule has 2 heteroatoms. The highest BCUT2D eigenvalue weighted by molar-refractivity contribution is 6.36. The summed E-state index contributed by atoms with van der Waals surface area (Å²) in [5.74, 6) is -0.607. The van der Waals surface area contributed by atoms with Gasteiger partial charge in [0, 0.05) is 13.3 Å². The van der Waals surface area contributed by atoms with E-state index in [2.05, 4.69) is 32.9 Å². The number of ketones is 2. The molecule has 0 atom stereocenters. The Balaban J connectivity index is 3.83. The van der Waals surface area contributed by atoms with Crippen molar-refractivity contribution in [2.75, 3.05) is 0 Å². The topological polar surface area (TPSA) is 34.1 Å². The third-order valence-electron chi connectivity index (χ3n) is 2.35. The van der Waals surface area contributed by atoms with Crippen molar-refractivity contribution in [2.45, 2.75) is 53.4 Å². The molecule has 0 aromatic rings. The van der Waals surface area contributed by atoms with E-state index in [-0.39, 0.29) is 11.6 Å². The minimum absolute atomic E-state index is 0.270. The van der Waals surface area contributed by atoms with E-state index in [0.717, 1.165) is 12.8 Å². The van der Waals surface area contributed by atoms with Gasteiger partial charge in [-0.15, -0.1) is 0 Å². The van der Waals surface area contributed by atoms with E-state index in [4.69, 9.17) is 0 Å². The molecule has 0 spiro atoms. The van der Waals surface area contributed by atoms with Gasteiger partial charge >= 0.3 is 0 Å². The van der Waals surface area contributed by atoms with E-state index in [1.807, 2.05) is 0 Å². The third kappa shape index (κ3) is 8.16. The molecule has 16 heavy (non-hydrogen) atoms. The first-order valence-electron chi connectivity index (χ1n) is 5.76. The summed E-state index contributed by atoms with van der Waals surface area (Å²) < 4.78 is 0. The summed E-state index contributed by atoms with van der Waals surface area (Å²) in [6, 6.07) is 0. The fraction of sp³-hybridized carbons (Fsp3) is 0.571. The Bertz CT molecular complexity index is 305. The molecule has 0 aliphatic heterocycles. The number of Topliss-reactive ketones (excluding diaryl/α,β-unsaturated/α-hetero) is 2. The largest absolute Gasteiger partial charge is 0.291 e. The lowest BCUT2D eigenvalue weighted by atomic mass is 10.1. The molecule has 2 nitrogen and oxygen atoms in total. The molecule has 0 radical (unpaired) electrons. The van der Waals surface area contributed by atoms with Crippen molar-refractivity contribution in [1.82, 2.24) is 0 Å². The van der Waals surface area contributed by atoms with Crippen molar-refractivity contribution in [2.24, 2.45) is 0 Å². The van der Waals surface area contributed by atoms with Crippen LogP contribution in [0.3, 0.4) is 0 Å². The van der Waals surface area contributed by atoms with Crippen LogP contribution in [-0.2, 0) is 9.59 Å². The van der Waals surface area contributed by atoms with Crippen molar-refractivity contribution < 1.29 is 9.59 Å². The minimum atomic E-state index is -0.337. The summed E-state index contributed by atoms with van der Waals surface area (Å²) in [6.07, 6.45) is 7.36. The van der Waals surface area contributed by atoms with Gasteiger partial charge in [-0.3, -0.25) is 9.59 Å². The Morgan fingerprint density at radius 2 is 1.44 bits per heavy atom. The van der Waals surface area contributed by atoms with Crippen molar-refractivity contribution in [3.8, 4) is 0 Å². The van der Waals surface area contributed by atoms with Crippen LogP contribution in [-0.4, -0.2) is 11.6 Å². The summed E-state index contributed by atoms with van der Waals surface area (Å²) >= 11 is 0. The van der Waals surface area contributed by atoms with Crippen molar-refractivity contribution in [3.05, 3.63) is 23.3 Å². The summed E-state index contributed by atoms with van der Waals surface area (Å²) in [6.45, 7) is 7.57. The van der Waals surface area contributed by atoms with Gasteiger partial charge in [0.1, 0.15) is 0 Å². The molecule has 0 aromatic heterocycles. The van der Waals surface area contributed by atoms with Gasteiger partial charge in [0.15, 0.2) is 11.6 Å². The fourth-order valence-corrected chi connectivity index (χ4v) is 1.32. The highest BCUT2D eigenvalue weighted by atomic mass is 16.2. The molecular weight excluding hydrogens is 200 g/mol. The molecule has 0 N–H and O–H groups in total. The SMILES string of the molecule is CC(=O)C(=O)CCC=C(C)CCC=C(C)C. The number of carbonyl (C=O) groups excluding carboxylic acids is 2. The van der Waals surface area contributed by atoms with Crippen LogP contribution in [0.4, 0.5) is 0 Å². The van der Waals surface area contributed by atoms with Gasteiger partial charge in [-0.25, -0.2) is 0 Å². The van der Waals surface area contributed by atoms with Crippen LogP contribution in [0.5, 0.6) is 0 Å². The summed E-state index contributed by atoms with van der Waals surface area (Å²) in [4.78, 5) is 21.7. The first-order chi connectivity index (χ1) is 7.43. The number of allylic oxidation sites excluding steroid dienone is 4. The molecule has 0 amide bonds. The number of rotatable bonds is 7. The molecule has 0 unspecified atom stereocenters. The number of hydrogen-bond acceptors (Lipinski definition) is 2. The van der Waals surface area contributed by atoms with Crippen LogP contribution in [0.15, 0.2) is 23.3 Å². The maximum atomic E-state index is 11.0. The molecule has 0 aromatic carbocycles. The van der Waals surface area contributed by atoms with Crippen LogP contribution in [0.2, 0.25) is 0 Å². The smallest absolute Gasteiger partial charge is 0.198 e. The Labute approximate surface area is 98.4 Å². The Hall–Kier alpha value is -1.18. The van der Waals surface area contributed by atoms with E-state index in [1.54, 1.807) is 0 Å². The van der Waals surface area contributed by atoms with Crippen molar-refractivity contribution >= 4 is 11.6 Å². The predicted molar refractivity (Wildman–Crippen MR) is 67.3 cm³/mol. The minimum Gasteiger partial charge on any atom is -0.291 e. The molecule has 0 fully saturated rings. The van der Waals surface area contributed by atoms with Gasteiger partial charge in [-0.2, -0.15) is 0 Å². The predicted octanol–water partition coefficient (Wildman–Crippen LogP) is 3.62. The quantitative estimate of drug-likeness (QED) is 0.487. The van der Waals surface area contributed by atoms with E-state index < -0.39 is 0 Å². The van der Waals surface area contributed by atoms with Crippen molar-refractivity contribution in [3.63, 3.8) is 0 Å². The first-order valence-corrected chi connectivity index (χ1v) is 5.76. The molecule has 0 bridgehead atoms. The van der Waals surface area contributed by atoms with Gasteiger partial charge in [0.25, 0.3) is 0 Å². The number of hydrogen-bond donors (Lipinski definition) is 0. The van der Waals surface area contributed by atoms with Crippen LogP contribution in [0.25, 0.3) is 0 Å².